The van der Waals surface area contributed by atoms with Gasteiger partial charge in [0.25, 0.3) is 0 Å². The number of terminal acetylenes is 1. The summed E-state index contributed by atoms with van der Waals surface area (Å²) in [6.45, 7) is 3.67. The van der Waals surface area contributed by atoms with Crippen LogP contribution >= 0.6 is 0 Å². The zero-order valence-electron chi connectivity index (χ0n) is 8.43. The molecular weight excluding hydrogens is 273 g/mol. The first kappa shape index (κ1) is 14.5. The summed E-state index contributed by atoms with van der Waals surface area (Å²) >= 11 is 0. The molecule has 1 aliphatic rings. The molecule has 77 valence electrons. The van der Waals surface area contributed by atoms with Gasteiger partial charge in [0.1, 0.15) is 0 Å². The van der Waals surface area contributed by atoms with E-state index in [1.54, 1.807) is 18.1 Å². The van der Waals surface area contributed by atoms with Crippen LogP contribution in [0.2, 0.25) is 0 Å². The van der Waals surface area contributed by atoms with Gasteiger partial charge in [0, 0.05) is 39.1 Å². The molecule has 0 aliphatic carbocycles. The Labute approximate surface area is 114 Å². The van der Waals surface area contributed by atoms with Gasteiger partial charge in [-0.15, -0.1) is 24.1 Å². The molecule has 0 unspecified atom stereocenters. The minimum atomic E-state index is -2.40. The first-order chi connectivity index (χ1) is 6.54. The molecule has 15 heavy (non-hydrogen) atoms. The fraction of sp³-hybridized carbons (Fsp3) is 0.273. The standard InChI is InChI=1S/C11H10F2N.Y/c1-4-9-6-14(3)7-10(8(9)2)5-11(12)13;/h1,6,11H,2,5H2,3H3;/q-1;. The Bertz CT molecular complexity index is 350. The van der Waals surface area contributed by atoms with E-state index >= 15 is 0 Å². The number of rotatable bonds is 2. The molecule has 0 aromatic heterocycles. The maximum absolute atomic E-state index is 12.2. The van der Waals surface area contributed by atoms with E-state index < -0.39 is 6.43 Å². The van der Waals surface area contributed by atoms with Crippen LogP contribution in [-0.2, 0) is 32.7 Å². The number of alkyl halides is 2. The predicted octanol–water partition coefficient (Wildman–Crippen LogP) is 2.34. The molecule has 0 spiro atoms. The van der Waals surface area contributed by atoms with Gasteiger partial charge in [-0.1, -0.05) is 23.9 Å². The van der Waals surface area contributed by atoms with Crippen molar-refractivity contribution >= 4 is 0 Å². The topological polar surface area (TPSA) is 3.24 Å². The fourth-order valence-corrected chi connectivity index (χ4v) is 1.19. The Morgan fingerprint density at radius 1 is 1.67 bits per heavy atom. The molecule has 4 heteroatoms. The van der Waals surface area contributed by atoms with Gasteiger partial charge in [0.05, 0.1) is 0 Å². The van der Waals surface area contributed by atoms with Gasteiger partial charge in [-0.25, -0.2) is 8.78 Å². The summed E-state index contributed by atoms with van der Waals surface area (Å²) < 4.78 is 24.3. The Balaban J connectivity index is 0.00000196. The number of halogens is 2. The second-order valence-electron chi connectivity index (χ2n) is 2.96. The molecule has 0 aromatic carbocycles. The molecule has 1 rings (SSSR count). The van der Waals surface area contributed by atoms with E-state index in [1.165, 1.54) is 0 Å². The van der Waals surface area contributed by atoms with E-state index in [0.29, 0.717) is 16.7 Å². The van der Waals surface area contributed by atoms with E-state index in [-0.39, 0.29) is 39.1 Å². The number of nitrogens with zero attached hydrogens (tertiary/aromatic N) is 1. The quantitative estimate of drug-likeness (QED) is 0.555. The van der Waals surface area contributed by atoms with Gasteiger partial charge in [0.2, 0.25) is 6.43 Å². The summed E-state index contributed by atoms with van der Waals surface area (Å²) in [6, 6.07) is 0. The Kier molecular flexibility index (Phi) is 6.01. The molecule has 1 nitrogen and oxygen atoms in total. The summed E-state index contributed by atoms with van der Waals surface area (Å²) in [5, 5.41) is 0. The van der Waals surface area contributed by atoms with Crippen molar-refractivity contribution in [1.82, 2.24) is 4.90 Å². The smallest absolute Gasteiger partial charge is 0.240 e. The average molecular weight is 283 g/mol. The van der Waals surface area contributed by atoms with Crippen molar-refractivity contribution in [2.45, 2.75) is 12.8 Å². The average Bonchev–Trinajstić information content (AvgIpc) is 2.09. The van der Waals surface area contributed by atoms with Crippen LogP contribution in [0, 0.1) is 18.5 Å². The van der Waals surface area contributed by atoms with Crippen LogP contribution in [0.25, 0.3) is 0 Å². The minimum Gasteiger partial charge on any atom is -0.462 e. The van der Waals surface area contributed by atoms with Gasteiger partial charge < -0.3 is 4.90 Å². The van der Waals surface area contributed by atoms with Crippen molar-refractivity contribution < 1.29 is 41.5 Å². The summed E-state index contributed by atoms with van der Waals surface area (Å²) in [5.74, 6) is 2.40. The summed E-state index contributed by atoms with van der Waals surface area (Å²) in [4.78, 5) is 1.54. The van der Waals surface area contributed by atoms with E-state index in [1.807, 2.05) is 0 Å². The van der Waals surface area contributed by atoms with Crippen LogP contribution in [0.4, 0.5) is 8.78 Å². The Morgan fingerprint density at radius 2 is 2.27 bits per heavy atom. The van der Waals surface area contributed by atoms with Crippen LogP contribution < -0.4 is 0 Å². The molecule has 0 saturated carbocycles. The molecule has 0 saturated heterocycles. The van der Waals surface area contributed by atoms with E-state index in [0.717, 1.165) is 0 Å². The zero-order chi connectivity index (χ0) is 10.7. The third-order valence-corrected chi connectivity index (χ3v) is 1.84. The second kappa shape index (κ2) is 6.20. The Hall–Kier alpha value is -0.456. The third-order valence-electron chi connectivity index (χ3n) is 1.84. The van der Waals surface area contributed by atoms with Crippen LogP contribution in [0.3, 0.4) is 0 Å². The Morgan fingerprint density at radius 3 is 2.73 bits per heavy atom. The first-order valence-corrected chi connectivity index (χ1v) is 4.06. The maximum Gasteiger partial charge on any atom is 0.240 e. The monoisotopic (exact) mass is 283 g/mol. The fourth-order valence-electron chi connectivity index (χ4n) is 1.19. The SMILES string of the molecule is C#CC1=CN(C)[C-]=C(CC(F)F)C1=C.[Y]. The summed E-state index contributed by atoms with van der Waals surface area (Å²) in [7, 11) is 1.69. The molecular formula is C11H10F2NY-. The van der Waals surface area contributed by atoms with Gasteiger partial charge in [-0.2, -0.15) is 0 Å². The predicted molar refractivity (Wildman–Crippen MR) is 51.2 cm³/mol. The van der Waals surface area contributed by atoms with Crippen molar-refractivity contribution in [2.24, 2.45) is 0 Å². The van der Waals surface area contributed by atoms with Gasteiger partial charge in [0.15, 0.2) is 0 Å². The third kappa shape index (κ3) is 3.89. The maximum atomic E-state index is 12.2. The molecule has 1 aliphatic heterocycles. The normalized spacial score (nSPS) is 15.4. The molecule has 0 N–H and O–H groups in total. The molecule has 1 radical (unpaired) electrons. The molecule has 0 aromatic rings. The number of hydrogen-bond acceptors (Lipinski definition) is 1. The molecule has 0 atom stereocenters. The van der Waals surface area contributed by atoms with E-state index in [4.69, 9.17) is 6.42 Å². The molecule has 0 fully saturated rings. The van der Waals surface area contributed by atoms with Crippen molar-refractivity contribution in [3.05, 3.63) is 35.7 Å². The molecule has 0 bridgehead atoms. The largest absolute Gasteiger partial charge is 0.462 e. The first-order valence-electron chi connectivity index (χ1n) is 4.06. The molecule has 1 heterocycles. The van der Waals surface area contributed by atoms with E-state index in [9.17, 15) is 8.78 Å². The van der Waals surface area contributed by atoms with Crippen LogP contribution in [-0.4, -0.2) is 18.4 Å². The van der Waals surface area contributed by atoms with Crippen molar-refractivity contribution in [1.29, 1.82) is 0 Å². The van der Waals surface area contributed by atoms with Crippen LogP contribution in [0.15, 0.2) is 29.5 Å². The second-order valence-corrected chi connectivity index (χ2v) is 2.96. The van der Waals surface area contributed by atoms with Crippen molar-refractivity contribution in [2.75, 3.05) is 7.05 Å². The van der Waals surface area contributed by atoms with Crippen molar-refractivity contribution in [3.8, 4) is 12.3 Å². The van der Waals surface area contributed by atoms with Gasteiger partial charge in [-0.05, 0) is 7.05 Å². The van der Waals surface area contributed by atoms with Crippen LogP contribution in [0.5, 0.6) is 0 Å². The summed E-state index contributed by atoms with van der Waals surface area (Å²) in [5.41, 5.74) is 1.37. The summed E-state index contributed by atoms with van der Waals surface area (Å²) in [6.07, 6.45) is 6.85. The van der Waals surface area contributed by atoms with Crippen molar-refractivity contribution in [3.63, 3.8) is 0 Å². The van der Waals surface area contributed by atoms with Gasteiger partial charge >= 0.3 is 0 Å². The minimum absolute atomic E-state index is 0. The van der Waals surface area contributed by atoms with E-state index in [2.05, 4.69) is 18.7 Å². The number of hydrogen-bond donors (Lipinski definition) is 0. The number of allylic oxidation sites excluding steroid dienone is 3. The van der Waals surface area contributed by atoms with Crippen LogP contribution in [0.1, 0.15) is 6.42 Å². The zero-order valence-corrected chi connectivity index (χ0v) is 11.3. The van der Waals surface area contributed by atoms with Gasteiger partial charge in [-0.3, -0.25) is 0 Å². The molecule has 0 amide bonds.